The van der Waals surface area contributed by atoms with Gasteiger partial charge in [0.2, 0.25) is 5.91 Å². The molecule has 3 aromatic rings. The van der Waals surface area contributed by atoms with Crippen LogP contribution in [0.3, 0.4) is 0 Å². The predicted octanol–water partition coefficient (Wildman–Crippen LogP) is 0.898. The lowest BCUT2D eigenvalue weighted by Gasteiger charge is -2.36. The van der Waals surface area contributed by atoms with E-state index >= 15 is 0 Å². The molecule has 2 aliphatic rings. The van der Waals surface area contributed by atoms with Crippen molar-refractivity contribution in [3.63, 3.8) is 0 Å². The number of carbonyl (C=O) groups is 1. The van der Waals surface area contributed by atoms with Crippen LogP contribution in [0.4, 0.5) is 11.5 Å². The average molecular weight is 560 g/mol. The van der Waals surface area contributed by atoms with Crippen molar-refractivity contribution in [1.82, 2.24) is 25.2 Å². The first-order chi connectivity index (χ1) is 17.9. The van der Waals surface area contributed by atoms with Crippen LogP contribution in [-0.2, 0) is 19.4 Å². The van der Waals surface area contributed by atoms with Crippen LogP contribution in [0.15, 0.2) is 42.7 Å². The topological polar surface area (TPSA) is 130 Å². The smallest absolute Gasteiger partial charge is 0.237 e. The second kappa shape index (κ2) is 12.2. The van der Waals surface area contributed by atoms with Crippen LogP contribution in [0.1, 0.15) is 0 Å². The van der Waals surface area contributed by atoms with Crippen molar-refractivity contribution >= 4 is 51.8 Å². The quantitative estimate of drug-likeness (QED) is 0.431. The Kier molecular flexibility index (Phi) is 9.03. The Labute approximate surface area is 229 Å². The van der Waals surface area contributed by atoms with E-state index in [1.54, 1.807) is 17.3 Å². The highest BCUT2D eigenvalue weighted by molar-refractivity contribution is 7.91. The fraction of sp³-hybridized carbons (Fsp3) is 0.440. The summed E-state index contributed by atoms with van der Waals surface area (Å²) in [7, 11) is -3.33. The van der Waals surface area contributed by atoms with E-state index < -0.39 is 15.6 Å². The molecule has 204 valence electrons. The van der Waals surface area contributed by atoms with Gasteiger partial charge in [0.1, 0.15) is 11.3 Å². The van der Waals surface area contributed by atoms with Crippen LogP contribution < -0.4 is 15.5 Å². The van der Waals surface area contributed by atoms with Gasteiger partial charge < -0.3 is 25.2 Å². The number of hydrogen-bond donors (Lipinski definition) is 2. The third-order valence-electron chi connectivity index (χ3n) is 6.50. The maximum atomic E-state index is 12.2. The van der Waals surface area contributed by atoms with Gasteiger partial charge >= 0.3 is 0 Å². The molecule has 1 aromatic carbocycles. The van der Waals surface area contributed by atoms with Crippen molar-refractivity contribution in [2.24, 2.45) is 0 Å². The lowest BCUT2D eigenvalue weighted by molar-refractivity contribution is -0.128. The molecular formula is C25H33N7O4S2. The van der Waals surface area contributed by atoms with E-state index in [-0.39, 0.29) is 25.5 Å². The van der Waals surface area contributed by atoms with Gasteiger partial charge in [0, 0.05) is 75.7 Å². The molecule has 2 N–H and O–H groups in total. The molecule has 0 spiro atoms. The molecule has 0 radical (unpaired) electrons. The van der Waals surface area contributed by atoms with Gasteiger partial charge in [-0.3, -0.25) is 9.78 Å². The first kappa shape index (κ1) is 28.0. The number of piperazine rings is 1. The summed E-state index contributed by atoms with van der Waals surface area (Å²) in [6, 6.07) is 10.1. The molecule has 4 heterocycles. The Bertz CT molecular complexity index is 1360. The van der Waals surface area contributed by atoms with Crippen LogP contribution >= 0.6 is 13.5 Å². The normalized spacial score (nSPS) is 18.2. The second-order valence-corrected chi connectivity index (χ2v) is 11.5. The lowest BCUT2D eigenvalue weighted by atomic mass is 10.1. The van der Waals surface area contributed by atoms with Crippen LogP contribution in [-0.4, -0.2) is 105 Å². The number of rotatable bonds is 7. The minimum Gasteiger partial charge on any atom is -0.374 e. The van der Waals surface area contributed by atoms with Crippen molar-refractivity contribution in [3.8, 4) is 11.3 Å². The van der Waals surface area contributed by atoms with Crippen LogP contribution in [0.25, 0.3) is 22.3 Å². The third-order valence-corrected chi connectivity index (χ3v) is 7.28. The van der Waals surface area contributed by atoms with Gasteiger partial charge in [-0.05, 0) is 18.2 Å². The van der Waals surface area contributed by atoms with Crippen molar-refractivity contribution < 1.29 is 17.9 Å². The number of aromatic nitrogens is 3. The average Bonchev–Trinajstić information content (AvgIpc) is 2.91. The molecule has 13 heteroatoms. The molecule has 0 bridgehead atoms. The van der Waals surface area contributed by atoms with Crippen molar-refractivity contribution in [2.75, 3.05) is 74.6 Å². The zero-order chi connectivity index (χ0) is 25.8. The van der Waals surface area contributed by atoms with Gasteiger partial charge in [-0.1, -0.05) is 12.1 Å². The highest BCUT2D eigenvalue weighted by atomic mass is 32.2. The molecule has 1 atom stereocenters. The number of sulfone groups is 1. The Morgan fingerprint density at radius 3 is 2.55 bits per heavy atom. The van der Waals surface area contributed by atoms with Crippen molar-refractivity contribution in [2.45, 2.75) is 6.10 Å². The number of fused-ring (bicyclic) bond motifs is 1. The molecule has 2 saturated heterocycles. The number of ether oxygens (including phenoxy) is 1. The van der Waals surface area contributed by atoms with Gasteiger partial charge in [0.15, 0.2) is 15.7 Å². The summed E-state index contributed by atoms with van der Waals surface area (Å²) in [5.41, 5.74) is 4.27. The van der Waals surface area contributed by atoms with E-state index in [9.17, 15) is 13.2 Å². The third kappa shape index (κ3) is 6.90. The number of morpholine rings is 1. The highest BCUT2D eigenvalue weighted by Crippen LogP contribution is 2.27. The minimum atomic E-state index is -3.33. The summed E-state index contributed by atoms with van der Waals surface area (Å²) in [6.07, 6.45) is 4.48. The monoisotopic (exact) mass is 559 g/mol. The maximum absolute atomic E-state index is 12.2. The fourth-order valence-corrected chi connectivity index (χ4v) is 5.21. The molecule has 2 fully saturated rings. The molecule has 1 amide bonds. The Balaban J connectivity index is 0.00000336. The highest BCUT2D eigenvalue weighted by Gasteiger charge is 2.24. The number of anilines is 2. The Morgan fingerprint density at radius 2 is 1.87 bits per heavy atom. The van der Waals surface area contributed by atoms with E-state index in [1.165, 1.54) is 0 Å². The van der Waals surface area contributed by atoms with Crippen molar-refractivity contribution in [1.29, 1.82) is 0 Å². The minimum absolute atomic E-state index is 0. The van der Waals surface area contributed by atoms with Gasteiger partial charge in [-0.15, -0.1) is 0 Å². The van der Waals surface area contributed by atoms with Crippen LogP contribution in [0.5, 0.6) is 0 Å². The van der Waals surface area contributed by atoms with E-state index in [4.69, 9.17) is 9.72 Å². The molecule has 0 saturated carbocycles. The fourth-order valence-electron chi connectivity index (χ4n) is 4.58. The van der Waals surface area contributed by atoms with E-state index in [0.717, 1.165) is 47.3 Å². The number of carbonyl (C=O) groups excluding carboxylic acids is 1. The van der Waals surface area contributed by atoms with Gasteiger partial charge in [-0.2, -0.15) is 13.5 Å². The zero-order valence-electron chi connectivity index (χ0n) is 21.3. The summed E-state index contributed by atoms with van der Waals surface area (Å²) in [6.45, 7) is 5.25. The SMILES string of the molecule is CS(=O)(=O)CC(=O)N1CCN(c2ccc(-c3cc4nccnc4c(NC[C@@H]4CNCCO4)n3)cc2)CC1.S. The molecule has 2 aromatic heterocycles. The van der Waals surface area contributed by atoms with Gasteiger partial charge in [0.25, 0.3) is 0 Å². The van der Waals surface area contributed by atoms with Crippen molar-refractivity contribution in [3.05, 3.63) is 42.7 Å². The molecule has 5 rings (SSSR count). The summed E-state index contributed by atoms with van der Waals surface area (Å²) in [5.74, 6) is -0.0980. The van der Waals surface area contributed by atoms with E-state index in [0.29, 0.717) is 45.1 Å². The predicted molar refractivity (Wildman–Crippen MR) is 153 cm³/mol. The second-order valence-electron chi connectivity index (χ2n) is 9.34. The summed E-state index contributed by atoms with van der Waals surface area (Å²) in [5, 5.41) is 6.73. The number of hydrogen-bond acceptors (Lipinski definition) is 10. The van der Waals surface area contributed by atoms with Gasteiger partial charge in [0.05, 0.1) is 23.9 Å². The number of benzene rings is 1. The Hall–Kier alpha value is -3.00. The number of nitrogens with one attached hydrogen (secondary N) is 2. The molecule has 0 aliphatic carbocycles. The standard InChI is InChI=1S/C25H31N7O4S.H2S/c1-37(34,35)17-23(33)32-11-9-31(10-12-32)19-4-2-18(3-5-19)21-14-22-24(28-7-6-27-22)25(30-21)29-16-20-15-26-8-13-36-20;/h2-7,14,20,26H,8-13,15-17H2,1H3,(H,29,30);1H2/t20-;/m0./s1. The zero-order valence-corrected chi connectivity index (χ0v) is 23.1. The lowest BCUT2D eigenvalue weighted by Crippen LogP contribution is -2.50. The van der Waals surface area contributed by atoms with E-state index in [1.807, 2.05) is 30.3 Å². The molecule has 2 aliphatic heterocycles. The first-order valence-electron chi connectivity index (χ1n) is 12.3. The van der Waals surface area contributed by atoms with Crippen LogP contribution in [0.2, 0.25) is 0 Å². The first-order valence-corrected chi connectivity index (χ1v) is 14.4. The maximum Gasteiger partial charge on any atom is 0.237 e. The number of amides is 1. The van der Waals surface area contributed by atoms with E-state index in [2.05, 4.69) is 25.5 Å². The summed E-state index contributed by atoms with van der Waals surface area (Å²) in [4.78, 5) is 29.9. The summed E-state index contributed by atoms with van der Waals surface area (Å²) < 4.78 is 28.7. The van der Waals surface area contributed by atoms with Crippen LogP contribution in [0, 0.1) is 0 Å². The Morgan fingerprint density at radius 1 is 1.13 bits per heavy atom. The number of nitrogens with zero attached hydrogens (tertiary/aromatic N) is 5. The summed E-state index contributed by atoms with van der Waals surface area (Å²) >= 11 is 0. The molecule has 0 unspecified atom stereocenters. The number of pyridine rings is 1. The molecule has 38 heavy (non-hydrogen) atoms. The molecule has 11 nitrogen and oxygen atoms in total. The van der Waals surface area contributed by atoms with Gasteiger partial charge in [-0.25, -0.2) is 18.4 Å². The molecular weight excluding hydrogens is 526 g/mol. The largest absolute Gasteiger partial charge is 0.374 e.